The van der Waals surface area contributed by atoms with Crippen molar-refractivity contribution in [3.05, 3.63) is 29.8 Å². The largest absolute Gasteiger partial charge is 0.480 e. The highest BCUT2D eigenvalue weighted by Gasteiger charge is 2.65. The molecule has 8 N–H and O–H groups in total. The lowest BCUT2D eigenvalue weighted by Gasteiger charge is -2.63. The number of benzene rings is 1. The van der Waals surface area contributed by atoms with Crippen LogP contribution < -0.4 is 16.4 Å². The van der Waals surface area contributed by atoms with Crippen LogP contribution in [0.1, 0.15) is 84.1 Å². The van der Waals surface area contributed by atoms with Crippen LogP contribution in [0.3, 0.4) is 0 Å². The molecule has 4 aliphatic carbocycles. The van der Waals surface area contributed by atoms with Crippen LogP contribution in [0.5, 0.6) is 0 Å². The summed E-state index contributed by atoms with van der Waals surface area (Å²) in [5.41, 5.74) is 7.98. The van der Waals surface area contributed by atoms with Gasteiger partial charge >= 0.3 is 11.9 Å². The molecule has 1 heterocycles. The van der Waals surface area contributed by atoms with Gasteiger partial charge in [-0.15, -0.1) is 0 Å². The minimum atomic E-state index is -0.921. The summed E-state index contributed by atoms with van der Waals surface area (Å²) >= 11 is 0. The Hall–Kier alpha value is -2.65. The summed E-state index contributed by atoms with van der Waals surface area (Å²) in [7, 11) is 2.04. The van der Waals surface area contributed by atoms with Gasteiger partial charge in [0.1, 0.15) is 0 Å². The number of hydrogen-bond donors (Lipinski definition) is 7. The number of aliphatic carboxylic acids is 2. The number of amides is 1. The van der Waals surface area contributed by atoms with Crippen LogP contribution in [0, 0.1) is 46.3 Å². The molecular formula is C44H72N6O7. The van der Waals surface area contributed by atoms with Gasteiger partial charge in [0.25, 0.3) is 0 Å². The number of aliphatic hydroxyl groups is 2. The van der Waals surface area contributed by atoms with Crippen molar-refractivity contribution < 1.29 is 34.8 Å². The number of aliphatic hydroxyl groups excluding tert-OH is 2. The van der Waals surface area contributed by atoms with E-state index in [-0.39, 0.29) is 65.8 Å². The fraction of sp³-hybridized carbons (Fsp3) is 0.795. The Labute approximate surface area is 340 Å². The molecule has 0 bridgehead atoms. The molecule has 0 aromatic heterocycles. The minimum absolute atomic E-state index is 0.00200. The first-order valence-electron chi connectivity index (χ1n) is 21.9. The van der Waals surface area contributed by atoms with Crippen molar-refractivity contribution in [2.45, 2.75) is 109 Å². The average Bonchev–Trinajstić information content (AvgIpc) is 3.55. The standard InChI is InChI=1S/C44H72N6O7/c1-28(34-10-11-35-42-36(24-38(52)44(34,35)3)43(2)14-13-31(45)22-30(43)23-37(42)51)5-12-39(53)47-32-8-6-29(7-9-32)21-33(46-25-40(54)55)26-49-17-15-48(4)16-18-50(20-19-49)27-41(56)57/h6-9,28,30-31,33-38,42,46,51-52H,5,10-27,45H2,1-4H3,(H,47,53)(H,54,55)(H,56,57)/t28?,30-,31+,33?,34+,35?,36?,37?,38-,42?,43-,44+/m0/s1. The number of rotatable bonds is 14. The lowest BCUT2D eigenvalue weighted by Crippen LogP contribution is -2.62. The third kappa shape index (κ3) is 10.2. The first kappa shape index (κ1) is 43.9. The third-order valence-electron chi connectivity index (χ3n) is 15.8. The fourth-order valence-corrected chi connectivity index (χ4v) is 12.5. The number of carboxylic acids is 2. The van der Waals surface area contributed by atoms with Gasteiger partial charge in [0.2, 0.25) is 5.91 Å². The maximum atomic E-state index is 13.3. The first-order valence-corrected chi connectivity index (χ1v) is 21.9. The van der Waals surface area contributed by atoms with Gasteiger partial charge in [-0.1, -0.05) is 32.9 Å². The van der Waals surface area contributed by atoms with Crippen molar-refractivity contribution in [3.8, 4) is 0 Å². The van der Waals surface area contributed by atoms with Crippen LogP contribution >= 0.6 is 0 Å². The molecule has 320 valence electrons. The van der Waals surface area contributed by atoms with Crippen LogP contribution in [0.4, 0.5) is 5.69 Å². The summed E-state index contributed by atoms with van der Waals surface area (Å²) in [5.74, 6) is -0.0205. The number of nitrogens with one attached hydrogen (secondary N) is 2. The second-order valence-corrected chi connectivity index (χ2v) is 19.3. The molecule has 0 spiro atoms. The monoisotopic (exact) mass is 797 g/mol. The van der Waals surface area contributed by atoms with Gasteiger partial charge in [-0.05, 0) is 129 Å². The van der Waals surface area contributed by atoms with Crippen molar-refractivity contribution in [1.82, 2.24) is 20.0 Å². The minimum Gasteiger partial charge on any atom is -0.480 e. The summed E-state index contributed by atoms with van der Waals surface area (Å²) in [6, 6.07) is 7.85. The van der Waals surface area contributed by atoms with Crippen molar-refractivity contribution in [2.24, 2.45) is 52.1 Å². The molecule has 1 amide bonds. The molecule has 1 aliphatic heterocycles. The Kier molecular flexibility index (Phi) is 14.4. The van der Waals surface area contributed by atoms with Crippen LogP contribution in [0.15, 0.2) is 24.3 Å². The molecule has 13 heteroatoms. The molecule has 0 radical (unpaired) electrons. The average molecular weight is 797 g/mol. The lowest BCUT2D eigenvalue weighted by atomic mass is 9.43. The van der Waals surface area contributed by atoms with E-state index in [1.165, 1.54) is 0 Å². The van der Waals surface area contributed by atoms with Gasteiger partial charge in [0, 0.05) is 70.0 Å². The van der Waals surface area contributed by atoms with Crippen LogP contribution in [0.25, 0.3) is 0 Å². The summed E-state index contributed by atoms with van der Waals surface area (Å²) in [6.45, 7) is 11.8. The molecule has 1 aromatic rings. The molecule has 6 unspecified atom stereocenters. The van der Waals surface area contributed by atoms with E-state index in [1.54, 1.807) is 0 Å². The normalized spacial score (nSPS) is 36.4. The molecule has 4 saturated carbocycles. The molecular weight excluding hydrogens is 725 g/mol. The van der Waals surface area contributed by atoms with Gasteiger partial charge < -0.3 is 41.7 Å². The number of carboxylic acid groups (broad SMARTS) is 2. The van der Waals surface area contributed by atoms with E-state index in [0.29, 0.717) is 56.8 Å². The van der Waals surface area contributed by atoms with Crippen molar-refractivity contribution in [3.63, 3.8) is 0 Å². The molecule has 5 aliphatic rings. The van der Waals surface area contributed by atoms with E-state index in [2.05, 4.69) is 41.2 Å². The van der Waals surface area contributed by atoms with E-state index in [1.807, 2.05) is 36.2 Å². The van der Waals surface area contributed by atoms with Crippen LogP contribution in [0.2, 0.25) is 0 Å². The van der Waals surface area contributed by atoms with Crippen LogP contribution in [-0.4, -0.2) is 143 Å². The number of carbonyl (C=O) groups is 3. The van der Waals surface area contributed by atoms with Gasteiger partial charge in [-0.3, -0.25) is 24.2 Å². The van der Waals surface area contributed by atoms with E-state index >= 15 is 0 Å². The third-order valence-corrected chi connectivity index (χ3v) is 15.8. The van der Waals surface area contributed by atoms with E-state index in [0.717, 1.165) is 82.3 Å². The highest BCUT2D eigenvalue weighted by Crippen LogP contribution is 2.68. The van der Waals surface area contributed by atoms with Gasteiger partial charge in [-0.25, -0.2) is 0 Å². The SMILES string of the molecule is CC(CCC(=O)Nc1ccc(CC(CN2CCN(C)CCN(CC(=O)O)CC2)NCC(=O)O)cc1)[C@H]1CCC2C3C(O)C[C@@H]4C[C@H](N)CC[C@]4(C)C3C[C@H](O)[C@@]21C. The van der Waals surface area contributed by atoms with E-state index in [4.69, 9.17) is 5.73 Å². The number of fused-ring (bicyclic) bond motifs is 5. The predicted octanol–water partition coefficient (Wildman–Crippen LogP) is 3.19. The molecule has 57 heavy (non-hydrogen) atoms. The molecule has 1 aromatic carbocycles. The number of hydrogen-bond acceptors (Lipinski definition) is 10. The van der Waals surface area contributed by atoms with Gasteiger partial charge in [0.15, 0.2) is 0 Å². The Morgan fingerprint density at radius 3 is 2.28 bits per heavy atom. The molecule has 13 nitrogen and oxygen atoms in total. The second-order valence-electron chi connectivity index (χ2n) is 19.3. The highest BCUT2D eigenvalue weighted by molar-refractivity contribution is 5.90. The summed E-state index contributed by atoms with van der Waals surface area (Å²) < 4.78 is 0. The number of anilines is 1. The van der Waals surface area contributed by atoms with Crippen molar-refractivity contribution in [2.75, 3.05) is 71.3 Å². The second kappa shape index (κ2) is 18.7. The topological polar surface area (TPSA) is 192 Å². The zero-order valence-electron chi connectivity index (χ0n) is 35.0. The maximum absolute atomic E-state index is 13.3. The quantitative estimate of drug-likeness (QED) is 0.146. The predicted molar refractivity (Wildman–Crippen MR) is 221 cm³/mol. The Morgan fingerprint density at radius 1 is 0.895 bits per heavy atom. The van der Waals surface area contributed by atoms with Crippen molar-refractivity contribution in [1.29, 1.82) is 0 Å². The van der Waals surface area contributed by atoms with Crippen molar-refractivity contribution >= 4 is 23.5 Å². The molecule has 1 saturated heterocycles. The van der Waals surface area contributed by atoms with E-state index < -0.39 is 18.0 Å². The number of nitrogens with two attached hydrogens (primary N) is 1. The van der Waals surface area contributed by atoms with Gasteiger partial charge in [0.05, 0.1) is 25.3 Å². The Bertz CT molecular complexity index is 1530. The van der Waals surface area contributed by atoms with Gasteiger partial charge in [-0.2, -0.15) is 0 Å². The summed E-state index contributed by atoms with van der Waals surface area (Å²) in [5, 5.41) is 48.7. The smallest absolute Gasteiger partial charge is 0.317 e. The maximum Gasteiger partial charge on any atom is 0.317 e. The molecule has 12 atom stereocenters. The van der Waals surface area contributed by atoms with E-state index in [9.17, 15) is 34.8 Å². The zero-order chi connectivity index (χ0) is 41.1. The number of likely N-dealkylation sites (N-methyl/N-ethyl adjacent to an activating group) is 1. The number of nitrogens with zero attached hydrogens (tertiary/aromatic N) is 3. The highest BCUT2D eigenvalue weighted by atomic mass is 16.4. The summed E-state index contributed by atoms with van der Waals surface area (Å²) in [6.07, 6.45) is 7.65. The molecule has 5 fully saturated rings. The zero-order valence-corrected chi connectivity index (χ0v) is 35.0. The molecule has 6 rings (SSSR count). The number of carbonyl (C=O) groups excluding carboxylic acids is 1. The van der Waals surface area contributed by atoms with Crippen LogP contribution in [-0.2, 0) is 20.8 Å². The lowest BCUT2D eigenvalue weighted by molar-refractivity contribution is -0.202. The fourth-order valence-electron chi connectivity index (χ4n) is 12.5. The summed E-state index contributed by atoms with van der Waals surface area (Å²) in [4.78, 5) is 42.6. The first-order chi connectivity index (χ1) is 27.1. The Morgan fingerprint density at radius 2 is 1.58 bits per heavy atom. The Balaban J connectivity index is 1.01.